The van der Waals surface area contributed by atoms with Gasteiger partial charge in [-0.05, 0) is 42.2 Å². The second-order valence-corrected chi connectivity index (χ2v) is 5.68. The molecular weight excluding hydrogens is 262 g/mol. The molecule has 2 rings (SSSR count). The highest BCUT2D eigenvalue weighted by molar-refractivity contribution is 5.27. The zero-order valence-corrected chi connectivity index (χ0v) is 13.0. The summed E-state index contributed by atoms with van der Waals surface area (Å²) in [4.78, 5) is 0. The van der Waals surface area contributed by atoms with Crippen LogP contribution in [0.2, 0.25) is 0 Å². The second kappa shape index (κ2) is 8.53. The Bertz CT molecular complexity index is 488. The molecule has 0 aliphatic rings. The molecule has 0 saturated carbocycles. The summed E-state index contributed by atoms with van der Waals surface area (Å²) in [7, 11) is 0. The maximum atomic E-state index is 5.71. The van der Waals surface area contributed by atoms with Gasteiger partial charge in [-0.3, -0.25) is 0 Å². The second-order valence-electron chi connectivity index (χ2n) is 5.68. The number of hydrogen-bond acceptors (Lipinski definition) is 3. The van der Waals surface area contributed by atoms with Crippen molar-refractivity contribution in [3.8, 4) is 5.75 Å². The number of benzene rings is 1. The van der Waals surface area contributed by atoms with Crippen LogP contribution in [0, 0.1) is 5.92 Å². The molecule has 1 aromatic carbocycles. The molecule has 1 heterocycles. The molecule has 0 amide bonds. The largest absolute Gasteiger partial charge is 0.494 e. The summed E-state index contributed by atoms with van der Waals surface area (Å²) in [5.74, 6) is 2.66. The van der Waals surface area contributed by atoms with E-state index in [-0.39, 0.29) is 0 Å². The smallest absolute Gasteiger partial charge is 0.119 e. The van der Waals surface area contributed by atoms with Gasteiger partial charge in [0.1, 0.15) is 11.5 Å². The van der Waals surface area contributed by atoms with Crippen LogP contribution >= 0.6 is 0 Å². The fraction of sp³-hybridized carbons (Fsp3) is 0.444. The van der Waals surface area contributed by atoms with Crippen LogP contribution in [0.3, 0.4) is 0 Å². The highest BCUT2D eigenvalue weighted by Crippen LogP contribution is 2.13. The molecule has 3 nitrogen and oxygen atoms in total. The van der Waals surface area contributed by atoms with E-state index in [9.17, 15) is 0 Å². The van der Waals surface area contributed by atoms with E-state index in [4.69, 9.17) is 9.15 Å². The van der Waals surface area contributed by atoms with Crippen molar-refractivity contribution < 1.29 is 9.15 Å². The molecule has 0 aliphatic heterocycles. The first-order chi connectivity index (χ1) is 10.2. The molecule has 0 aliphatic carbocycles. The minimum absolute atomic E-state index is 0.683. The van der Waals surface area contributed by atoms with Gasteiger partial charge >= 0.3 is 0 Å². The molecule has 1 aromatic heterocycles. The van der Waals surface area contributed by atoms with Gasteiger partial charge in [-0.2, -0.15) is 0 Å². The van der Waals surface area contributed by atoms with Gasteiger partial charge in [0.2, 0.25) is 0 Å². The predicted octanol–water partition coefficient (Wildman–Crippen LogP) is 4.04. The number of hydrogen-bond donors (Lipinski definition) is 1. The Morgan fingerprint density at radius 3 is 2.62 bits per heavy atom. The van der Waals surface area contributed by atoms with Crippen LogP contribution in [-0.2, 0) is 13.0 Å². The molecular formula is C18H25NO2. The number of ether oxygens (including phenoxy) is 1. The number of nitrogens with one attached hydrogen (secondary N) is 1. The van der Waals surface area contributed by atoms with E-state index < -0.39 is 0 Å². The Balaban J connectivity index is 1.65. The van der Waals surface area contributed by atoms with Crippen LogP contribution in [0.25, 0.3) is 0 Å². The van der Waals surface area contributed by atoms with Crippen LogP contribution < -0.4 is 10.1 Å². The van der Waals surface area contributed by atoms with Crippen LogP contribution in [-0.4, -0.2) is 13.2 Å². The summed E-state index contributed by atoms with van der Waals surface area (Å²) < 4.78 is 11.0. The Morgan fingerprint density at radius 1 is 1.14 bits per heavy atom. The van der Waals surface area contributed by atoms with Crippen molar-refractivity contribution in [1.29, 1.82) is 0 Å². The Morgan fingerprint density at radius 2 is 1.95 bits per heavy atom. The number of furan rings is 1. The summed E-state index contributed by atoms with van der Waals surface area (Å²) in [6, 6.07) is 12.3. The molecule has 0 unspecified atom stereocenters. The quantitative estimate of drug-likeness (QED) is 0.707. The highest BCUT2D eigenvalue weighted by Gasteiger charge is 1.99. The average Bonchev–Trinajstić information content (AvgIpc) is 2.98. The van der Waals surface area contributed by atoms with E-state index in [0.29, 0.717) is 5.92 Å². The molecule has 0 saturated heterocycles. The van der Waals surface area contributed by atoms with Crippen molar-refractivity contribution in [1.82, 2.24) is 5.32 Å². The summed E-state index contributed by atoms with van der Waals surface area (Å²) in [6.07, 6.45) is 3.73. The zero-order valence-electron chi connectivity index (χ0n) is 13.0. The van der Waals surface area contributed by atoms with Crippen molar-refractivity contribution in [2.45, 2.75) is 33.2 Å². The van der Waals surface area contributed by atoms with Crippen molar-refractivity contribution in [3.05, 3.63) is 54.0 Å². The van der Waals surface area contributed by atoms with Gasteiger partial charge < -0.3 is 14.5 Å². The van der Waals surface area contributed by atoms with Crippen molar-refractivity contribution in [2.75, 3.05) is 13.2 Å². The van der Waals surface area contributed by atoms with Gasteiger partial charge in [-0.25, -0.2) is 0 Å². The predicted molar refractivity (Wildman–Crippen MR) is 85.5 cm³/mol. The third-order valence-corrected chi connectivity index (χ3v) is 3.34. The van der Waals surface area contributed by atoms with E-state index in [1.807, 2.05) is 24.3 Å². The zero-order chi connectivity index (χ0) is 14.9. The van der Waals surface area contributed by atoms with Crippen molar-refractivity contribution >= 4 is 0 Å². The summed E-state index contributed by atoms with van der Waals surface area (Å²) in [5, 5.41) is 3.42. The topological polar surface area (TPSA) is 34.4 Å². The third kappa shape index (κ3) is 6.05. The van der Waals surface area contributed by atoms with Gasteiger partial charge in [-0.1, -0.05) is 26.0 Å². The van der Waals surface area contributed by atoms with Crippen LogP contribution in [0.1, 0.15) is 31.6 Å². The Kier molecular flexibility index (Phi) is 6.35. The maximum absolute atomic E-state index is 5.71. The van der Waals surface area contributed by atoms with Crippen molar-refractivity contribution in [2.24, 2.45) is 5.92 Å². The molecule has 1 N–H and O–H groups in total. The molecule has 0 spiro atoms. The Hall–Kier alpha value is -1.74. The lowest BCUT2D eigenvalue weighted by Gasteiger charge is -2.09. The fourth-order valence-corrected chi connectivity index (χ4v) is 2.02. The molecule has 3 heteroatoms. The highest BCUT2D eigenvalue weighted by atomic mass is 16.5. The van der Waals surface area contributed by atoms with Crippen LogP contribution in [0.4, 0.5) is 0 Å². The lowest BCUT2D eigenvalue weighted by Crippen LogP contribution is -2.16. The van der Waals surface area contributed by atoms with Gasteiger partial charge in [0.05, 0.1) is 12.9 Å². The van der Waals surface area contributed by atoms with Gasteiger partial charge in [0.25, 0.3) is 0 Å². The molecule has 2 aromatic rings. The molecule has 0 fully saturated rings. The summed E-state index contributed by atoms with van der Waals surface area (Å²) in [5.41, 5.74) is 1.27. The molecule has 0 radical (unpaired) electrons. The first-order valence-electron chi connectivity index (χ1n) is 7.69. The van der Waals surface area contributed by atoms with Crippen molar-refractivity contribution in [3.63, 3.8) is 0 Å². The van der Waals surface area contributed by atoms with E-state index in [1.54, 1.807) is 6.26 Å². The lowest BCUT2D eigenvalue weighted by atomic mass is 10.1. The van der Waals surface area contributed by atoms with Gasteiger partial charge in [-0.15, -0.1) is 0 Å². The number of rotatable bonds is 9. The fourth-order valence-electron chi connectivity index (χ4n) is 2.02. The summed E-state index contributed by atoms with van der Waals surface area (Å²) >= 11 is 0. The van der Waals surface area contributed by atoms with Crippen LogP contribution in [0.15, 0.2) is 47.1 Å². The minimum atomic E-state index is 0.683. The van der Waals surface area contributed by atoms with Gasteiger partial charge in [0.15, 0.2) is 0 Å². The monoisotopic (exact) mass is 287 g/mol. The van der Waals surface area contributed by atoms with Gasteiger partial charge in [0, 0.05) is 19.5 Å². The first kappa shape index (κ1) is 15.6. The standard InChI is InChI=1S/C18H25NO2/c1-15(2)10-13-21-18-7-5-16(6-8-18)14-19-11-9-17-4-3-12-20-17/h3-8,12,15,19H,9-11,13-14H2,1-2H3. The summed E-state index contributed by atoms with van der Waals surface area (Å²) in [6.45, 7) is 6.99. The lowest BCUT2D eigenvalue weighted by molar-refractivity contribution is 0.289. The first-order valence-corrected chi connectivity index (χ1v) is 7.69. The average molecular weight is 287 g/mol. The van der Waals surface area contributed by atoms with E-state index in [2.05, 4.69) is 31.3 Å². The molecule has 0 bridgehead atoms. The molecule has 21 heavy (non-hydrogen) atoms. The van der Waals surface area contributed by atoms with E-state index in [0.717, 1.165) is 44.0 Å². The molecule has 0 atom stereocenters. The SMILES string of the molecule is CC(C)CCOc1ccc(CNCCc2ccco2)cc1. The normalized spacial score (nSPS) is 11.0. The Labute approximate surface area is 127 Å². The van der Waals surface area contributed by atoms with E-state index >= 15 is 0 Å². The third-order valence-electron chi connectivity index (χ3n) is 3.34. The minimum Gasteiger partial charge on any atom is -0.494 e. The van der Waals surface area contributed by atoms with E-state index in [1.165, 1.54) is 5.56 Å². The van der Waals surface area contributed by atoms with Crippen LogP contribution in [0.5, 0.6) is 5.75 Å². The molecule has 114 valence electrons. The maximum Gasteiger partial charge on any atom is 0.119 e.